The van der Waals surface area contributed by atoms with Gasteiger partial charge >= 0.3 is 7.60 Å². The van der Waals surface area contributed by atoms with Crippen molar-refractivity contribution in [1.29, 1.82) is 0 Å². The lowest BCUT2D eigenvalue weighted by Crippen LogP contribution is -2.35. The lowest BCUT2D eigenvalue weighted by molar-refractivity contribution is -0.0826. The minimum atomic E-state index is -4.60. The van der Waals surface area contributed by atoms with Crippen LogP contribution >= 0.6 is 7.60 Å². The zero-order chi connectivity index (χ0) is 24.5. The summed E-state index contributed by atoms with van der Waals surface area (Å²) < 4.78 is 28.9. The largest absolute Gasteiger partial charge is 0.387 e. The first kappa shape index (κ1) is 25.4. The van der Waals surface area contributed by atoms with E-state index in [9.17, 15) is 24.6 Å². The number of nitrogens with zero attached hydrogens (tertiary/aromatic N) is 4. The molecule has 13 nitrogen and oxygen atoms in total. The van der Waals surface area contributed by atoms with E-state index >= 15 is 0 Å². The van der Waals surface area contributed by atoms with Crippen LogP contribution in [0.1, 0.15) is 44.7 Å². The van der Waals surface area contributed by atoms with E-state index in [1.165, 1.54) is 24.6 Å². The van der Waals surface area contributed by atoms with Gasteiger partial charge in [0, 0.05) is 19.6 Å². The third-order valence-electron chi connectivity index (χ3n) is 6.23. The van der Waals surface area contributed by atoms with Crippen LogP contribution in [0.25, 0.3) is 11.0 Å². The molecule has 2 aliphatic rings. The minimum absolute atomic E-state index is 0.330. The summed E-state index contributed by atoms with van der Waals surface area (Å²) in [5.74, 6) is -0.234. The molecule has 1 aliphatic carbocycles. The maximum atomic E-state index is 11.6. The number of rotatable bonds is 10. The van der Waals surface area contributed by atoms with E-state index in [0.29, 0.717) is 35.1 Å². The summed E-state index contributed by atoms with van der Waals surface area (Å²) in [6, 6.07) is 0.330. The maximum Gasteiger partial charge on any atom is 0.356 e. The van der Waals surface area contributed by atoms with Crippen molar-refractivity contribution in [3.05, 3.63) is 12.0 Å². The molecule has 14 heteroatoms. The average Bonchev–Trinajstić information content (AvgIpc) is 3.52. The van der Waals surface area contributed by atoms with Gasteiger partial charge in [-0.2, -0.15) is 5.10 Å². The second-order valence-electron chi connectivity index (χ2n) is 8.67. The Balaban J connectivity index is 1.56. The molecule has 4 rings (SSSR count). The Morgan fingerprint density at radius 3 is 2.65 bits per heavy atom. The van der Waals surface area contributed by atoms with Crippen LogP contribution in [0.5, 0.6) is 0 Å². The Morgan fingerprint density at radius 2 is 2.00 bits per heavy atom. The van der Waals surface area contributed by atoms with Gasteiger partial charge in [-0.3, -0.25) is 4.57 Å². The Kier molecular flexibility index (Phi) is 7.85. The molecule has 0 bridgehead atoms. The van der Waals surface area contributed by atoms with Crippen LogP contribution in [0.15, 0.2) is 6.20 Å². The molecule has 0 amide bonds. The predicted octanol–water partition coefficient (Wildman–Crippen LogP) is 0.529. The van der Waals surface area contributed by atoms with Crippen LogP contribution < -0.4 is 5.32 Å². The van der Waals surface area contributed by atoms with Gasteiger partial charge in [-0.25, -0.2) is 14.6 Å². The quantitative estimate of drug-likeness (QED) is 0.285. The van der Waals surface area contributed by atoms with E-state index in [1.807, 2.05) is 6.92 Å². The molecule has 2 aromatic rings. The zero-order valence-corrected chi connectivity index (χ0v) is 20.0. The Bertz CT molecular complexity index is 1030. The second kappa shape index (κ2) is 10.5. The van der Waals surface area contributed by atoms with Gasteiger partial charge in [0.05, 0.1) is 24.8 Å². The summed E-state index contributed by atoms with van der Waals surface area (Å²) in [6.45, 7) is 1.24. The summed E-state index contributed by atoms with van der Waals surface area (Å²) in [4.78, 5) is 28.0. The van der Waals surface area contributed by atoms with Crippen LogP contribution in [0.4, 0.5) is 5.82 Å². The second-order valence-corrected chi connectivity index (χ2v) is 10.4. The molecule has 1 aliphatic heterocycles. The van der Waals surface area contributed by atoms with Crippen molar-refractivity contribution >= 4 is 24.4 Å². The third kappa shape index (κ3) is 5.26. The first-order valence-electron chi connectivity index (χ1n) is 11.4. The molecule has 190 valence electrons. The van der Waals surface area contributed by atoms with Crippen LogP contribution in [0.2, 0.25) is 0 Å². The van der Waals surface area contributed by atoms with Gasteiger partial charge in [-0.1, -0.05) is 19.8 Å². The van der Waals surface area contributed by atoms with Gasteiger partial charge in [0.25, 0.3) is 0 Å². The number of fused-ring (bicyclic) bond motifs is 1. The van der Waals surface area contributed by atoms with Crippen LogP contribution in [-0.2, 0) is 25.2 Å². The smallest absolute Gasteiger partial charge is 0.356 e. The average molecular weight is 501 g/mol. The SMILES string of the molecule is CCc1nc(NC2CCCC2)c2cnn([C@@H]3O[C@H](COC(COC)P(=O)(O)O)[C@@H](O)[C@H]3O)c2n1. The van der Waals surface area contributed by atoms with Crippen molar-refractivity contribution in [2.75, 3.05) is 25.6 Å². The summed E-state index contributed by atoms with van der Waals surface area (Å²) in [5, 5.41) is 29.7. The summed E-state index contributed by atoms with van der Waals surface area (Å²) >= 11 is 0. The van der Waals surface area contributed by atoms with Gasteiger partial charge in [-0.05, 0) is 12.8 Å². The fraction of sp³-hybridized carbons (Fsp3) is 0.750. The van der Waals surface area contributed by atoms with Gasteiger partial charge < -0.3 is 39.5 Å². The molecule has 0 spiro atoms. The number of nitrogens with one attached hydrogen (secondary N) is 1. The van der Waals surface area contributed by atoms with Gasteiger partial charge in [0.15, 0.2) is 17.7 Å². The number of aryl methyl sites for hydroxylation is 1. The molecule has 5 atom stereocenters. The van der Waals surface area contributed by atoms with E-state index in [-0.39, 0.29) is 13.2 Å². The number of anilines is 1. The van der Waals surface area contributed by atoms with E-state index in [2.05, 4.69) is 20.4 Å². The molecule has 1 saturated heterocycles. The zero-order valence-electron chi connectivity index (χ0n) is 19.1. The summed E-state index contributed by atoms with van der Waals surface area (Å²) in [6.07, 6.45) is 1.81. The third-order valence-corrected chi connectivity index (χ3v) is 7.28. The molecule has 0 radical (unpaired) electrons. The number of ether oxygens (including phenoxy) is 3. The molecule has 5 N–H and O–H groups in total. The molecule has 34 heavy (non-hydrogen) atoms. The molecule has 0 aromatic carbocycles. The Labute approximate surface area is 196 Å². The van der Waals surface area contributed by atoms with Crippen LogP contribution in [0.3, 0.4) is 0 Å². The minimum Gasteiger partial charge on any atom is -0.387 e. The lowest BCUT2D eigenvalue weighted by atomic mass is 10.1. The number of aliphatic hydroxyl groups is 2. The molecule has 1 saturated carbocycles. The molecule has 1 unspecified atom stereocenters. The van der Waals surface area contributed by atoms with Crippen molar-refractivity contribution < 1.29 is 38.8 Å². The van der Waals surface area contributed by atoms with E-state index in [4.69, 9.17) is 14.2 Å². The highest BCUT2D eigenvalue weighted by Crippen LogP contribution is 2.42. The number of aromatic nitrogens is 4. The van der Waals surface area contributed by atoms with E-state index in [0.717, 1.165) is 12.8 Å². The lowest BCUT2D eigenvalue weighted by Gasteiger charge is -2.21. The summed E-state index contributed by atoms with van der Waals surface area (Å²) in [5.41, 5.74) is 0.456. The molecule has 2 fully saturated rings. The molecular formula is C20H32N5O8P. The standard InChI is InChI=1S/C20H32N5O8P/c1-3-14-23-18(22-11-6-4-5-7-11)12-8-21-25(19(12)24-14)20-17(27)16(26)13(33-20)9-32-15(10-31-2)34(28,29)30/h8,11,13,15-17,20,26-27H,3-7,9-10H2,1-2H3,(H,22,23,24)(H2,28,29,30)/t13-,15?,16-,17-,20-/m1/s1. The fourth-order valence-electron chi connectivity index (χ4n) is 4.35. The van der Waals surface area contributed by atoms with Crippen molar-refractivity contribution in [3.63, 3.8) is 0 Å². The van der Waals surface area contributed by atoms with E-state index in [1.54, 1.807) is 6.20 Å². The van der Waals surface area contributed by atoms with Crippen molar-refractivity contribution in [2.45, 2.75) is 75.5 Å². The number of hydrogen-bond donors (Lipinski definition) is 5. The summed E-state index contributed by atoms with van der Waals surface area (Å²) in [7, 11) is -3.31. The van der Waals surface area contributed by atoms with Crippen molar-refractivity contribution in [1.82, 2.24) is 19.7 Å². The highest BCUT2D eigenvalue weighted by Gasteiger charge is 2.46. The number of aliphatic hydroxyl groups excluding tert-OH is 2. The van der Waals surface area contributed by atoms with Crippen LogP contribution in [-0.4, -0.2) is 90.3 Å². The number of methoxy groups -OCH3 is 1. The highest BCUT2D eigenvalue weighted by atomic mass is 31.2. The maximum absolute atomic E-state index is 11.6. The topological polar surface area (TPSA) is 181 Å². The normalized spacial score (nSPS) is 27.0. The predicted molar refractivity (Wildman–Crippen MR) is 120 cm³/mol. The van der Waals surface area contributed by atoms with Gasteiger partial charge in [-0.15, -0.1) is 0 Å². The molecule has 2 aromatic heterocycles. The highest BCUT2D eigenvalue weighted by molar-refractivity contribution is 7.52. The monoisotopic (exact) mass is 501 g/mol. The first-order valence-corrected chi connectivity index (χ1v) is 13.1. The first-order chi connectivity index (χ1) is 16.2. The van der Waals surface area contributed by atoms with Crippen molar-refractivity contribution in [3.8, 4) is 0 Å². The number of hydrogen-bond acceptors (Lipinski definition) is 10. The molecule has 3 heterocycles. The van der Waals surface area contributed by atoms with Gasteiger partial charge in [0.2, 0.25) is 0 Å². The Hall–Kier alpha value is -1.70. The fourth-order valence-corrected chi connectivity index (χ4v) is 4.97. The van der Waals surface area contributed by atoms with E-state index < -0.39 is 38.0 Å². The molecular weight excluding hydrogens is 469 g/mol. The van der Waals surface area contributed by atoms with Crippen molar-refractivity contribution in [2.24, 2.45) is 0 Å². The van der Waals surface area contributed by atoms with Gasteiger partial charge in [0.1, 0.15) is 30.0 Å². The van der Waals surface area contributed by atoms with Crippen LogP contribution in [0, 0.1) is 0 Å². The Morgan fingerprint density at radius 1 is 1.26 bits per heavy atom.